The molecule has 4 N–H and O–H groups in total. The Labute approximate surface area is 165 Å². The zero-order chi connectivity index (χ0) is 19.1. The molecular formula is C18H11BrN4O3S. The number of para-hydroxylation sites is 1. The molecule has 0 saturated heterocycles. The topological polar surface area (TPSA) is 118 Å². The van der Waals surface area contributed by atoms with E-state index in [0.717, 1.165) is 15.8 Å². The van der Waals surface area contributed by atoms with Gasteiger partial charge >= 0.3 is 0 Å². The van der Waals surface area contributed by atoms with E-state index in [9.17, 15) is 14.7 Å². The molecular weight excluding hydrogens is 432 g/mol. The molecule has 2 aromatic carbocycles. The fourth-order valence-corrected chi connectivity index (χ4v) is 4.04. The highest BCUT2D eigenvalue weighted by Gasteiger charge is 2.25. The molecule has 1 aliphatic heterocycles. The van der Waals surface area contributed by atoms with Crippen LogP contribution in [0.25, 0.3) is 5.57 Å². The van der Waals surface area contributed by atoms with Gasteiger partial charge in [-0.1, -0.05) is 39.4 Å². The van der Waals surface area contributed by atoms with Gasteiger partial charge in [-0.05, 0) is 30.3 Å². The molecule has 1 aliphatic rings. The first-order valence-electron chi connectivity index (χ1n) is 7.73. The zero-order valence-electron chi connectivity index (χ0n) is 13.6. The Morgan fingerprint density at radius 3 is 2.78 bits per heavy atom. The number of amides is 2. The van der Waals surface area contributed by atoms with Crippen molar-refractivity contribution in [2.45, 2.75) is 0 Å². The van der Waals surface area contributed by atoms with E-state index in [1.807, 2.05) is 0 Å². The van der Waals surface area contributed by atoms with Crippen molar-refractivity contribution < 1.29 is 14.7 Å². The summed E-state index contributed by atoms with van der Waals surface area (Å²) in [7, 11) is 0. The van der Waals surface area contributed by atoms with Crippen LogP contribution in [0.4, 0.5) is 10.8 Å². The molecule has 0 spiro atoms. The first kappa shape index (κ1) is 17.4. The van der Waals surface area contributed by atoms with Gasteiger partial charge in [0.25, 0.3) is 11.8 Å². The van der Waals surface area contributed by atoms with Crippen LogP contribution < -0.4 is 21.6 Å². The summed E-state index contributed by atoms with van der Waals surface area (Å²) in [4.78, 5) is 32.3. The van der Waals surface area contributed by atoms with Gasteiger partial charge in [-0.2, -0.15) is 4.98 Å². The fraction of sp³-hybridized carbons (Fsp3) is 0. The molecule has 0 unspecified atom stereocenters. The summed E-state index contributed by atoms with van der Waals surface area (Å²) in [5, 5.41) is 14.8. The third kappa shape index (κ3) is 3.11. The lowest BCUT2D eigenvalue weighted by Crippen LogP contribution is -2.22. The summed E-state index contributed by atoms with van der Waals surface area (Å²) >= 11 is 4.46. The van der Waals surface area contributed by atoms with Crippen molar-refractivity contribution >= 4 is 55.5 Å². The second-order valence-corrected chi connectivity index (χ2v) is 7.57. The summed E-state index contributed by atoms with van der Waals surface area (Å²) in [6.45, 7) is 0. The van der Waals surface area contributed by atoms with Crippen LogP contribution in [0.15, 0.2) is 51.9 Å². The summed E-state index contributed by atoms with van der Waals surface area (Å²) in [5.74, 6) is -1.31. The normalized spacial score (nSPS) is 12.6. The molecule has 0 saturated carbocycles. The summed E-state index contributed by atoms with van der Waals surface area (Å²) < 4.78 is 0.793. The average Bonchev–Trinajstić information content (AvgIpc) is 3.13. The van der Waals surface area contributed by atoms with Crippen molar-refractivity contribution in [3.8, 4) is 5.88 Å². The van der Waals surface area contributed by atoms with Crippen LogP contribution in [-0.2, 0) is 4.79 Å². The van der Waals surface area contributed by atoms with Crippen molar-refractivity contribution in [3.05, 3.63) is 68.0 Å². The lowest BCUT2D eigenvalue weighted by Gasteiger charge is -2.06. The van der Waals surface area contributed by atoms with E-state index in [1.54, 1.807) is 42.5 Å². The van der Waals surface area contributed by atoms with Crippen LogP contribution in [0.5, 0.6) is 5.88 Å². The number of carbonyl (C=O) groups is 2. The number of nitrogens with zero attached hydrogens (tertiary/aromatic N) is 2. The number of benzene rings is 2. The van der Waals surface area contributed by atoms with E-state index in [4.69, 9.17) is 5.73 Å². The number of anilines is 2. The standard InChI is InChI=1S/C18H11BrN4O3S/c19-8-5-6-12-10(7-8)13(16(25)21-12)14-17(26)23-18(27-14)22-11-4-2-1-3-9(11)15(20)24/h1-7,26H,(H2,20,24)(H,22,23). The molecule has 0 radical (unpaired) electrons. The van der Waals surface area contributed by atoms with E-state index in [2.05, 4.69) is 31.2 Å². The number of hydrogen-bond donors (Lipinski definition) is 3. The Bertz CT molecular complexity index is 1240. The van der Waals surface area contributed by atoms with Crippen molar-refractivity contribution in [2.75, 3.05) is 5.32 Å². The Hall–Kier alpha value is -3.04. The highest BCUT2D eigenvalue weighted by Crippen LogP contribution is 2.35. The van der Waals surface area contributed by atoms with Gasteiger partial charge in [0.2, 0.25) is 5.88 Å². The third-order valence-electron chi connectivity index (χ3n) is 3.93. The minimum absolute atomic E-state index is 0.287. The van der Waals surface area contributed by atoms with Crippen molar-refractivity contribution in [1.82, 2.24) is 4.98 Å². The number of fused-ring (bicyclic) bond motifs is 1. The van der Waals surface area contributed by atoms with Crippen molar-refractivity contribution in [1.29, 1.82) is 0 Å². The minimum atomic E-state index is -0.586. The second kappa shape index (κ2) is 6.60. The highest BCUT2D eigenvalue weighted by molar-refractivity contribution is 9.10. The number of nitrogens with two attached hydrogens (primary N) is 1. The smallest absolute Gasteiger partial charge is 0.279 e. The zero-order valence-corrected chi connectivity index (χ0v) is 16.0. The Balaban J connectivity index is 1.80. The van der Waals surface area contributed by atoms with Gasteiger partial charge in [0.1, 0.15) is 4.88 Å². The van der Waals surface area contributed by atoms with Gasteiger partial charge in [-0.15, -0.1) is 0 Å². The van der Waals surface area contributed by atoms with Crippen LogP contribution in [0.3, 0.4) is 0 Å². The fourth-order valence-electron chi connectivity index (χ4n) is 2.76. The molecule has 3 aromatic rings. The monoisotopic (exact) mass is 442 g/mol. The minimum Gasteiger partial charge on any atom is -0.492 e. The van der Waals surface area contributed by atoms with E-state index >= 15 is 0 Å². The molecule has 0 atom stereocenters. The van der Waals surface area contributed by atoms with E-state index in [1.165, 1.54) is 0 Å². The molecule has 1 aromatic heterocycles. The SMILES string of the molecule is NC(=O)c1ccccc1Nc1nc(O)c(C2=c3cc(Br)ccc3=NC2=O)s1. The molecule has 0 fully saturated rings. The van der Waals surface area contributed by atoms with E-state index in [-0.39, 0.29) is 11.5 Å². The number of carbonyl (C=O) groups excluding carboxylic acids is 2. The number of halogens is 1. The first-order chi connectivity index (χ1) is 12.9. The largest absolute Gasteiger partial charge is 0.492 e. The average molecular weight is 443 g/mol. The molecule has 2 amide bonds. The quantitative estimate of drug-likeness (QED) is 0.569. The van der Waals surface area contributed by atoms with Crippen molar-refractivity contribution in [2.24, 2.45) is 10.7 Å². The number of primary amides is 1. The molecule has 0 aliphatic carbocycles. The lowest BCUT2D eigenvalue weighted by molar-refractivity contribution is -0.112. The van der Waals surface area contributed by atoms with Crippen LogP contribution in [0.2, 0.25) is 0 Å². The Morgan fingerprint density at radius 1 is 1.22 bits per heavy atom. The number of hydrogen-bond acceptors (Lipinski definition) is 6. The van der Waals surface area contributed by atoms with Gasteiger partial charge in [0.05, 0.1) is 22.2 Å². The van der Waals surface area contributed by atoms with Crippen LogP contribution >= 0.6 is 27.3 Å². The first-order valence-corrected chi connectivity index (χ1v) is 9.34. The highest BCUT2D eigenvalue weighted by atomic mass is 79.9. The van der Waals surface area contributed by atoms with Crippen LogP contribution in [-0.4, -0.2) is 21.9 Å². The predicted octanol–water partition coefficient (Wildman–Crippen LogP) is 1.81. The molecule has 134 valence electrons. The van der Waals surface area contributed by atoms with Crippen LogP contribution in [0, 0.1) is 0 Å². The molecule has 27 heavy (non-hydrogen) atoms. The molecule has 9 heteroatoms. The molecule has 0 bridgehead atoms. The lowest BCUT2D eigenvalue weighted by atomic mass is 10.1. The van der Waals surface area contributed by atoms with Crippen LogP contribution in [0.1, 0.15) is 15.2 Å². The second-order valence-electron chi connectivity index (χ2n) is 5.66. The summed E-state index contributed by atoms with van der Waals surface area (Å²) in [5.41, 5.74) is 6.42. The predicted molar refractivity (Wildman–Crippen MR) is 104 cm³/mol. The summed E-state index contributed by atoms with van der Waals surface area (Å²) in [6.07, 6.45) is 0. The number of thiazole rings is 1. The molecule has 7 nitrogen and oxygen atoms in total. The molecule has 4 rings (SSSR count). The molecule has 2 heterocycles. The van der Waals surface area contributed by atoms with Gasteiger partial charge in [0.15, 0.2) is 5.13 Å². The van der Waals surface area contributed by atoms with E-state index in [0.29, 0.717) is 31.8 Å². The maximum Gasteiger partial charge on any atom is 0.279 e. The Kier molecular flexibility index (Phi) is 4.25. The van der Waals surface area contributed by atoms with Crippen molar-refractivity contribution in [3.63, 3.8) is 0 Å². The number of nitrogens with one attached hydrogen (secondary N) is 1. The Morgan fingerprint density at radius 2 is 2.00 bits per heavy atom. The van der Waals surface area contributed by atoms with Gasteiger partial charge in [-0.3, -0.25) is 9.59 Å². The number of aromatic hydroxyl groups is 1. The summed E-state index contributed by atoms with van der Waals surface area (Å²) in [6, 6.07) is 12.0. The maximum absolute atomic E-state index is 12.4. The number of aromatic nitrogens is 1. The maximum atomic E-state index is 12.4. The van der Waals surface area contributed by atoms with Gasteiger partial charge in [0, 0.05) is 9.69 Å². The van der Waals surface area contributed by atoms with E-state index < -0.39 is 11.8 Å². The van der Waals surface area contributed by atoms with Gasteiger partial charge in [-0.25, -0.2) is 4.99 Å². The third-order valence-corrected chi connectivity index (χ3v) is 5.41. The number of rotatable bonds is 4. The van der Waals surface area contributed by atoms with Gasteiger partial charge < -0.3 is 16.2 Å².